The van der Waals surface area contributed by atoms with Crippen LogP contribution in [-0.4, -0.2) is 27.6 Å². The van der Waals surface area contributed by atoms with Gasteiger partial charge in [0.15, 0.2) is 0 Å². The van der Waals surface area contributed by atoms with Gasteiger partial charge in [-0.3, -0.25) is 4.79 Å². The average molecular weight is 629 g/mol. The number of nitrogens with one attached hydrogen (secondary N) is 1. The number of carbonyl (C=O) groups is 1. The molecule has 0 aliphatic heterocycles. The first-order valence-corrected chi connectivity index (χ1v) is 20.7. The largest absolute Gasteiger partial charge is 0.412 e. The van der Waals surface area contributed by atoms with E-state index in [1.54, 1.807) is 11.1 Å². The molecule has 0 aromatic carbocycles. The number of rotatable bonds is 17. The van der Waals surface area contributed by atoms with Crippen molar-refractivity contribution in [3.63, 3.8) is 0 Å². The number of unbranched alkanes of at least 4 members (excludes halogenated alkanes) is 8. The second-order valence-corrected chi connectivity index (χ2v) is 21.1. The summed E-state index contributed by atoms with van der Waals surface area (Å²) in [7, 11) is -0.909. The van der Waals surface area contributed by atoms with Crippen LogP contribution in [0, 0.1) is 28.6 Å². The van der Waals surface area contributed by atoms with E-state index in [2.05, 4.69) is 74.6 Å². The van der Waals surface area contributed by atoms with Gasteiger partial charge in [0, 0.05) is 13.0 Å². The van der Waals surface area contributed by atoms with Crippen molar-refractivity contribution in [1.29, 1.82) is 0 Å². The molecule has 2 saturated carbocycles. The van der Waals surface area contributed by atoms with Crippen LogP contribution in [0.2, 0.25) is 10.6 Å². The standard InChI is InChI=1S/C40H74NO2Si/c1-11-12-13-14-15-16-17-20-29-41-37(42)22-19-18-21-32-31(4)23-25-34-33(32)24-26-35-39(8,9)36(27-28-40(34,35)10)43-44(30(2)3)38(5,6)7/h30,33-36H,11-29H2,1-10H3,(H,41,42)/t33?,34?,35?,36-,40+/m0/s1. The lowest BCUT2D eigenvalue weighted by Crippen LogP contribution is -2.58. The van der Waals surface area contributed by atoms with Crippen molar-refractivity contribution < 1.29 is 9.22 Å². The third-order valence-electron chi connectivity index (χ3n) is 12.4. The summed E-state index contributed by atoms with van der Waals surface area (Å²) >= 11 is 0. The third kappa shape index (κ3) is 9.71. The van der Waals surface area contributed by atoms with Crippen molar-refractivity contribution in [3.8, 4) is 0 Å². The minimum atomic E-state index is -0.909. The normalized spacial score (nSPS) is 28.7. The highest BCUT2D eigenvalue weighted by Gasteiger charge is 2.59. The zero-order chi connectivity index (χ0) is 32.5. The molecule has 3 aliphatic rings. The van der Waals surface area contributed by atoms with Crippen molar-refractivity contribution in [2.24, 2.45) is 28.6 Å². The van der Waals surface area contributed by atoms with Crippen LogP contribution in [0.5, 0.6) is 0 Å². The van der Waals surface area contributed by atoms with Crippen LogP contribution >= 0.6 is 0 Å². The van der Waals surface area contributed by atoms with E-state index < -0.39 is 9.04 Å². The maximum atomic E-state index is 12.5. The minimum absolute atomic E-state index is 0.229. The van der Waals surface area contributed by atoms with Gasteiger partial charge in [-0.25, -0.2) is 0 Å². The molecule has 0 saturated heterocycles. The molecule has 44 heavy (non-hydrogen) atoms. The van der Waals surface area contributed by atoms with Gasteiger partial charge >= 0.3 is 0 Å². The van der Waals surface area contributed by atoms with Crippen molar-refractivity contribution in [3.05, 3.63) is 11.1 Å². The molecule has 2 fully saturated rings. The van der Waals surface area contributed by atoms with Crippen LogP contribution in [-0.2, 0) is 9.22 Å². The predicted octanol–water partition coefficient (Wildman–Crippen LogP) is 12.0. The van der Waals surface area contributed by atoms with Gasteiger partial charge in [-0.2, -0.15) is 0 Å². The molecule has 1 N–H and O–H groups in total. The van der Waals surface area contributed by atoms with E-state index in [1.807, 2.05) is 0 Å². The van der Waals surface area contributed by atoms with Gasteiger partial charge in [-0.05, 0) is 110 Å². The molecule has 3 rings (SSSR count). The van der Waals surface area contributed by atoms with E-state index in [9.17, 15) is 4.79 Å². The second kappa shape index (κ2) is 17.0. The van der Waals surface area contributed by atoms with E-state index >= 15 is 0 Å². The van der Waals surface area contributed by atoms with E-state index in [0.29, 0.717) is 23.5 Å². The SMILES string of the molecule is CCCCCCCCCCNC(=O)CCCCC1=C(C)CCC2C1CCC1C(C)(C)[C@@H](O[Si](C(C)C)C(C)(C)C)CC[C@]21C. The third-order valence-corrected chi connectivity index (χ3v) is 15.4. The first kappa shape index (κ1) is 37.8. The van der Waals surface area contributed by atoms with Gasteiger partial charge in [-0.15, -0.1) is 0 Å². The Morgan fingerprint density at radius 1 is 0.932 bits per heavy atom. The zero-order valence-corrected chi connectivity index (χ0v) is 32.1. The lowest BCUT2D eigenvalue weighted by molar-refractivity contribution is -0.144. The average Bonchev–Trinajstić information content (AvgIpc) is 2.93. The lowest BCUT2D eigenvalue weighted by atomic mass is 9.43. The van der Waals surface area contributed by atoms with E-state index in [1.165, 1.54) is 89.9 Å². The van der Waals surface area contributed by atoms with Crippen LogP contribution in [0.4, 0.5) is 0 Å². The van der Waals surface area contributed by atoms with Gasteiger partial charge < -0.3 is 9.74 Å². The Kier molecular flexibility index (Phi) is 14.6. The summed E-state index contributed by atoms with van der Waals surface area (Å²) in [6, 6.07) is 0. The minimum Gasteiger partial charge on any atom is -0.412 e. The fraction of sp³-hybridized carbons (Fsp3) is 0.925. The highest BCUT2D eigenvalue weighted by atomic mass is 28.3. The van der Waals surface area contributed by atoms with Gasteiger partial charge in [-0.1, -0.05) is 118 Å². The number of hydrogen-bond acceptors (Lipinski definition) is 2. The predicted molar refractivity (Wildman–Crippen MR) is 192 cm³/mol. The summed E-state index contributed by atoms with van der Waals surface area (Å²) in [6.45, 7) is 25.3. The summed E-state index contributed by atoms with van der Waals surface area (Å²) < 4.78 is 7.20. The summed E-state index contributed by atoms with van der Waals surface area (Å²) in [5.41, 5.74) is 4.74. The zero-order valence-electron chi connectivity index (χ0n) is 31.1. The number of amides is 1. The van der Waals surface area contributed by atoms with Crippen molar-refractivity contribution in [1.82, 2.24) is 5.32 Å². The molecular weight excluding hydrogens is 555 g/mol. The maximum Gasteiger partial charge on any atom is 0.220 e. The first-order valence-electron chi connectivity index (χ1n) is 19.2. The molecule has 255 valence electrons. The highest BCUT2D eigenvalue weighted by Crippen LogP contribution is 2.65. The Bertz CT molecular complexity index is 917. The number of carbonyl (C=O) groups excluding carboxylic acids is 1. The van der Waals surface area contributed by atoms with E-state index in [-0.39, 0.29) is 16.4 Å². The van der Waals surface area contributed by atoms with Gasteiger partial charge in [0.25, 0.3) is 0 Å². The summed E-state index contributed by atoms with van der Waals surface area (Å²) in [5, 5.41) is 3.47. The number of hydrogen-bond donors (Lipinski definition) is 1. The lowest BCUT2D eigenvalue weighted by Gasteiger charge is -2.63. The van der Waals surface area contributed by atoms with Gasteiger partial charge in [0.1, 0.15) is 0 Å². The summed E-state index contributed by atoms with van der Waals surface area (Å²) in [4.78, 5) is 12.5. The molecule has 0 bridgehead atoms. The molecule has 1 radical (unpaired) electrons. The number of allylic oxidation sites excluding steroid dienone is 2. The molecule has 0 heterocycles. The Labute approximate surface area is 276 Å². The summed E-state index contributed by atoms with van der Waals surface area (Å²) in [5.74, 6) is 2.59. The maximum absolute atomic E-state index is 12.5. The Hall–Kier alpha value is -0.613. The summed E-state index contributed by atoms with van der Waals surface area (Å²) in [6.07, 6.45) is 22.9. The highest BCUT2D eigenvalue weighted by molar-refractivity contribution is 6.56. The Morgan fingerprint density at radius 3 is 2.23 bits per heavy atom. The van der Waals surface area contributed by atoms with E-state index in [4.69, 9.17) is 4.43 Å². The van der Waals surface area contributed by atoms with Gasteiger partial charge in [0.2, 0.25) is 14.9 Å². The van der Waals surface area contributed by atoms with Crippen LogP contribution < -0.4 is 5.32 Å². The van der Waals surface area contributed by atoms with Crippen molar-refractivity contribution in [2.45, 2.75) is 201 Å². The Balaban J connectivity index is 1.48. The molecule has 3 aliphatic carbocycles. The fourth-order valence-electron chi connectivity index (χ4n) is 10.1. The topological polar surface area (TPSA) is 38.3 Å². The monoisotopic (exact) mass is 629 g/mol. The number of fused-ring (bicyclic) bond motifs is 3. The first-order chi connectivity index (χ1) is 20.7. The van der Waals surface area contributed by atoms with Crippen molar-refractivity contribution in [2.75, 3.05) is 6.54 Å². The Morgan fingerprint density at radius 2 is 1.59 bits per heavy atom. The molecular formula is C40H74NO2Si. The molecule has 0 spiro atoms. The van der Waals surface area contributed by atoms with Crippen LogP contribution in [0.15, 0.2) is 11.1 Å². The van der Waals surface area contributed by atoms with Crippen LogP contribution in [0.1, 0.15) is 185 Å². The molecule has 0 aromatic rings. The quantitative estimate of drug-likeness (QED) is 0.0988. The van der Waals surface area contributed by atoms with Crippen LogP contribution in [0.25, 0.3) is 0 Å². The molecule has 0 aromatic heterocycles. The smallest absolute Gasteiger partial charge is 0.220 e. The molecule has 3 unspecified atom stereocenters. The molecule has 4 heteroatoms. The van der Waals surface area contributed by atoms with Crippen molar-refractivity contribution >= 4 is 14.9 Å². The van der Waals surface area contributed by atoms with Gasteiger partial charge in [0.05, 0.1) is 6.10 Å². The van der Waals surface area contributed by atoms with Crippen LogP contribution in [0.3, 0.4) is 0 Å². The van der Waals surface area contributed by atoms with E-state index in [0.717, 1.165) is 43.6 Å². The second-order valence-electron chi connectivity index (χ2n) is 17.5. The molecule has 1 amide bonds. The molecule has 3 nitrogen and oxygen atoms in total. The molecule has 5 atom stereocenters. The fourth-order valence-corrected chi connectivity index (χ4v) is 13.2.